The largest absolute Gasteiger partial charge is 0.494 e. The second-order valence-corrected chi connectivity index (χ2v) is 4.16. The van der Waals surface area contributed by atoms with Crippen molar-refractivity contribution >= 4 is 12.6 Å². The summed E-state index contributed by atoms with van der Waals surface area (Å²) in [6.07, 6.45) is 0. The highest BCUT2D eigenvalue weighted by atomic mass is 19.1. The van der Waals surface area contributed by atoms with E-state index in [1.807, 2.05) is 0 Å². The smallest absolute Gasteiger partial charge is 0.488 e. The van der Waals surface area contributed by atoms with Crippen LogP contribution in [0.1, 0.15) is 5.56 Å². The maximum atomic E-state index is 13.9. The van der Waals surface area contributed by atoms with Gasteiger partial charge in [-0.1, -0.05) is 24.3 Å². The first-order valence-corrected chi connectivity index (χ1v) is 6.02. The van der Waals surface area contributed by atoms with E-state index >= 15 is 0 Å². The van der Waals surface area contributed by atoms with Crippen molar-refractivity contribution in [1.29, 1.82) is 0 Å². The molecule has 0 aliphatic heterocycles. The molecule has 0 atom stereocenters. The zero-order valence-corrected chi connectivity index (χ0v) is 10.9. The van der Waals surface area contributed by atoms with Crippen LogP contribution in [-0.2, 0) is 6.61 Å². The molecule has 0 amide bonds. The van der Waals surface area contributed by atoms with Crippen molar-refractivity contribution in [3.05, 3.63) is 53.8 Å². The van der Waals surface area contributed by atoms with E-state index in [4.69, 9.17) is 19.5 Å². The van der Waals surface area contributed by atoms with E-state index in [0.717, 1.165) is 0 Å². The van der Waals surface area contributed by atoms with Crippen LogP contribution in [0.25, 0.3) is 0 Å². The van der Waals surface area contributed by atoms with Gasteiger partial charge in [0, 0.05) is 5.56 Å². The first-order valence-electron chi connectivity index (χ1n) is 6.02. The molecule has 0 aromatic heterocycles. The fraction of sp³-hybridized carbons (Fsp3) is 0.143. The van der Waals surface area contributed by atoms with Crippen molar-refractivity contribution in [2.24, 2.45) is 0 Å². The minimum atomic E-state index is -1.51. The number of ether oxygens (including phenoxy) is 2. The molecule has 0 saturated heterocycles. The van der Waals surface area contributed by atoms with Gasteiger partial charge in [-0.15, -0.1) is 0 Å². The van der Waals surface area contributed by atoms with Crippen LogP contribution in [0.2, 0.25) is 0 Å². The fourth-order valence-electron chi connectivity index (χ4n) is 1.72. The van der Waals surface area contributed by atoms with Crippen molar-refractivity contribution in [3.63, 3.8) is 0 Å². The summed E-state index contributed by atoms with van der Waals surface area (Å²) in [6.45, 7) is 0.0596. The van der Waals surface area contributed by atoms with E-state index < -0.39 is 12.9 Å². The molecule has 2 rings (SSSR count). The topological polar surface area (TPSA) is 58.9 Å². The number of hydrogen-bond donors (Lipinski definition) is 2. The minimum absolute atomic E-state index is 0.0596. The first kappa shape index (κ1) is 14.4. The summed E-state index contributed by atoms with van der Waals surface area (Å²) in [7, 11) is -0.109. The van der Waals surface area contributed by atoms with Crippen molar-refractivity contribution in [1.82, 2.24) is 0 Å². The summed E-state index contributed by atoms with van der Waals surface area (Å²) in [6, 6.07) is 11.1. The Kier molecular flexibility index (Phi) is 4.60. The number of rotatable bonds is 5. The Bertz CT molecular complexity index is 572. The molecule has 0 radical (unpaired) electrons. The lowest BCUT2D eigenvalue weighted by Gasteiger charge is -2.09. The summed E-state index contributed by atoms with van der Waals surface area (Å²) in [5, 5.41) is 17.9. The van der Waals surface area contributed by atoms with Gasteiger partial charge in [-0.05, 0) is 23.7 Å². The molecular weight excluding hydrogens is 262 g/mol. The van der Waals surface area contributed by atoms with E-state index in [1.165, 1.54) is 25.3 Å². The maximum Gasteiger partial charge on any atom is 0.488 e. The summed E-state index contributed by atoms with van der Waals surface area (Å²) in [5.41, 5.74) is 0.750. The standard InChI is InChI=1S/C14H14BFO4/c1-19-13-4-2-3-10(14(13)16)9-20-12-7-5-11(6-8-12)15(17)18/h2-8,17-18H,9H2,1H3. The van der Waals surface area contributed by atoms with Gasteiger partial charge in [0.05, 0.1) is 7.11 Å². The number of methoxy groups -OCH3 is 1. The van der Waals surface area contributed by atoms with Gasteiger partial charge in [0.15, 0.2) is 11.6 Å². The zero-order chi connectivity index (χ0) is 14.5. The molecule has 4 nitrogen and oxygen atoms in total. The van der Waals surface area contributed by atoms with Gasteiger partial charge < -0.3 is 19.5 Å². The monoisotopic (exact) mass is 276 g/mol. The van der Waals surface area contributed by atoms with E-state index in [9.17, 15) is 4.39 Å². The Hall–Kier alpha value is -2.05. The van der Waals surface area contributed by atoms with Crippen molar-refractivity contribution < 1.29 is 23.9 Å². The van der Waals surface area contributed by atoms with Crippen LogP contribution in [0, 0.1) is 5.82 Å². The summed E-state index contributed by atoms with van der Waals surface area (Å²) >= 11 is 0. The lowest BCUT2D eigenvalue weighted by molar-refractivity contribution is 0.295. The van der Waals surface area contributed by atoms with Crippen molar-refractivity contribution in [3.8, 4) is 11.5 Å². The van der Waals surface area contributed by atoms with Gasteiger partial charge in [-0.2, -0.15) is 0 Å². The number of hydrogen-bond acceptors (Lipinski definition) is 4. The third kappa shape index (κ3) is 3.29. The average molecular weight is 276 g/mol. The molecule has 0 heterocycles. The van der Waals surface area contributed by atoms with Crippen LogP contribution < -0.4 is 14.9 Å². The summed E-state index contributed by atoms with van der Waals surface area (Å²) in [5.74, 6) is 0.235. The SMILES string of the molecule is COc1cccc(COc2ccc(B(O)O)cc2)c1F. The Morgan fingerprint density at radius 2 is 1.80 bits per heavy atom. The molecule has 2 aromatic carbocycles. The number of benzene rings is 2. The highest BCUT2D eigenvalue weighted by Crippen LogP contribution is 2.21. The fourth-order valence-corrected chi connectivity index (χ4v) is 1.72. The van der Waals surface area contributed by atoms with Gasteiger partial charge >= 0.3 is 7.12 Å². The molecule has 0 unspecified atom stereocenters. The van der Waals surface area contributed by atoms with E-state index in [1.54, 1.807) is 24.3 Å². The van der Waals surface area contributed by atoms with Crippen LogP contribution in [0.5, 0.6) is 11.5 Å². The first-order chi connectivity index (χ1) is 9.61. The molecular formula is C14H14BFO4. The van der Waals surface area contributed by atoms with Crippen molar-refractivity contribution in [2.75, 3.05) is 7.11 Å². The average Bonchev–Trinajstić information content (AvgIpc) is 2.46. The van der Waals surface area contributed by atoms with E-state index in [-0.39, 0.29) is 12.4 Å². The van der Waals surface area contributed by atoms with Crippen molar-refractivity contribution in [2.45, 2.75) is 6.61 Å². The van der Waals surface area contributed by atoms with E-state index in [2.05, 4.69) is 0 Å². The van der Waals surface area contributed by atoms with Crippen LogP contribution >= 0.6 is 0 Å². The molecule has 2 aromatic rings. The highest BCUT2D eigenvalue weighted by Gasteiger charge is 2.11. The quantitative estimate of drug-likeness (QED) is 0.803. The summed E-state index contributed by atoms with van der Waals surface area (Å²) in [4.78, 5) is 0. The molecule has 104 valence electrons. The Morgan fingerprint density at radius 3 is 2.40 bits per heavy atom. The normalized spacial score (nSPS) is 10.2. The predicted octanol–water partition coefficient (Wildman–Crippen LogP) is 1.09. The molecule has 0 aliphatic rings. The van der Waals surface area contributed by atoms with Gasteiger partial charge in [0.2, 0.25) is 0 Å². The lowest BCUT2D eigenvalue weighted by atomic mass is 9.80. The van der Waals surface area contributed by atoms with Crippen LogP contribution in [0.15, 0.2) is 42.5 Å². The molecule has 2 N–H and O–H groups in total. The van der Waals surface area contributed by atoms with Gasteiger partial charge in [0.1, 0.15) is 12.4 Å². The number of halogens is 1. The summed E-state index contributed by atoms with van der Waals surface area (Å²) < 4.78 is 24.2. The molecule has 6 heteroatoms. The molecule has 0 saturated carbocycles. The highest BCUT2D eigenvalue weighted by molar-refractivity contribution is 6.58. The maximum absolute atomic E-state index is 13.9. The Balaban J connectivity index is 2.05. The molecule has 0 aliphatic carbocycles. The molecule has 20 heavy (non-hydrogen) atoms. The van der Waals surface area contributed by atoms with Crippen LogP contribution in [0.4, 0.5) is 4.39 Å². The second kappa shape index (κ2) is 6.41. The van der Waals surface area contributed by atoms with Gasteiger partial charge in [0.25, 0.3) is 0 Å². The molecule has 0 fully saturated rings. The van der Waals surface area contributed by atoms with Gasteiger partial charge in [-0.3, -0.25) is 0 Å². The van der Waals surface area contributed by atoms with Gasteiger partial charge in [-0.25, -0.2) is 4.39 Å². The molecule has 0 spiro atoms. The lowest BCUT2D eigenvalue weighted by Crippen LogP contribution is -2.29. The van der Waals surface area contributed by atoms with E-state index in [0.29, 0.717) is 16.8 Å². The third-order valence-corrected chi connectivity index (χ3v) is 2.84. The second-order valence-electron chi connectivity index (χ2n) is 4.16. The van der Waals surface area contributed by atoms with Crippen LogP contribution in [-0.4, -0.2) is 24.3 Å². The third-order valence-electron chi connectivity index (χ3n) is 2.84. The minimum Gasteiger partial charge on any atom is -0.494 e. The van der Waals surface area contributed by atoms with Crippen LogP contribution in [0.3, 0.4) is 0 Å². The predicted molar refractivity (Wildman–Crippen MR) is 73.6 cm³/mol. The Labute approximate surface area is 116 Å². The zero-order valence-electron chi connectivity index (χ0n) is 10.9. The molecule has 0 bridgehead atoms. The Morgan fingerprint density at radius 1 is 1.10 bits per heavy atom.